The Balaban J connectivity index is 1.39. The van der Waals surface area contributed by atoms with Crippen LogP contribution < -0.4 is 9.80 Å². The molecule has 198 valence electrons. The fourth-order valence-electron chi connectivity index (χ4n) is 6.47. The Hall–Kier alpha value is -3.96. The number of rotatable bonds is 6. The van der Waals surface area contributed by atoms with E-state index in [0.29, 0.717) is 37.3 Å². The van der Waals surface area contributed by atoms with E-state index in [-0.39, 0.29) is 11.6 Å². The number of hydrogen-bond acceptors (Lipinski definition) is 4. The highest BCUT2D eigenvalue weighted by atomic mass is 19.1. The molecule has 2 aliphatic heterocycles. The Kier molecular flexibility index (Phi) is 6.92. The first-order valence-electron chi connectivity index (χ1n) is 13.9. The zero-order valence-corrected chi connectivity index (χ0v) is 22.4. The Morgan fingerprint density at radius 2 is 1.21 bits per heavy atom. The molecule has 4 nitrogen and oxygen atoms in total. The second-order valence-electron chi connectivity index (χ2n) is 10.4. The molecule has 39 heavy (non-hydrogen) atoms. The number of benzene rings is 4. The monoisotopic (exact) mass is 519 g/mol. The lowest BCUT2D eigenvalue weighted by Crippen LogP contribution is -2.56. The van der Waals surface area contributed by atoms with Gasteiger partial charge in [-0.2, -0.15) is 0 Å². The van der Waals surface area contributed by atoms with Crippen LogP contribution in [0.5, 0.6) is 0 Å². The van der Waals surface area contributed by atoms with Crippen molar-refractivity contribution in [1.82, 2.24) is 4.90 Å². The molecule has 0 amide bonds. The molecule has 0 unspecified atom stereocenters. The zero-order chi connectivity index (χ0) is 26.8. The van der Waals surface area contributed by atoms with Gasteiger partial charge < -0.3 is 9.80 Å². The highest BCUT2D eigenvalue weighted by Crippen LogP contribution is 2.43. The number of carbonyl (C=O) groups is 1. The van der Waals surface area contributed by atoms with E-state index in [1.54, 1.807) is 0 Å². The van der Waals surface area contributed by atoms with E-state index < -0.39 is 5.54 Å². The van der Waals surface area contributed by atoms with Gasteiger partial charge in [-0.05, 0) is 35.7 Å². The highest BCUT2D eigenvalue weighted by Gasteiger charge is 2.43. The lowest BCUT2D eigenvalue weighted by Gasteiger charge is -2.49. The second kappa shape index (κ2) is 10.7. The fourth-order valence-corrected chi connectivity index (χ4v) is 6.47. The molecular weight excluding hydrogens is 485 g/mol. The summed E-state index contributed by atoms with van der Waals surface area (Å²) in [6.45, 7) is 6.45. The number of hydrogen-bond donors (Lipinski definition) is 0. The van der Waals surface area contributed by atoms with Gasteiger partial charge in [-0.25, -0.2) is 4.39 Å². The van der Waals surface area contributed by atoms with Gasteiger partial charge in [-0.3, -0.25) is 9.69 Å². The molecule has 0 aliphatic carbocycles. The van der Waals surface area contributed by atoms with Crippen LogP contribution >= 0.6 is 0 Å². The topological polar surface area (TPSA) is 26.8 Å². The van der Waals surface area contributed by atoms with Crippen molar-refractivity contribution in [3.63, 3.8) is 0 Å². The SMILES string of the molecule is CCN1CCC(=O)c2cc(F)c(N3CCN(C(c4ccccc4)(c4ccccc4)c4ccccc4)CC3)cc21. The predicted octanol–water partition coefficient (Wildman–Crippen LogP) is 6.35. The average Bonchev–Trinajstić information content (AvgIpc) is 3.00. The summed E-state index contributed by atoms with van der Waals surface area (Å²) in [5.74, 6) is -0.280. The van der Waals surface area contributed by atoms with Crippen molar-refractivity contribution in [3.8, 4) is 0 Å². The van der Waals surface area contributed by atoms with Gasteiger partial charge in [0, 0.05) is 56.9 Å². The highest BCUT2D eigenvalue weighted by molar-refractivity contribution is 6.04. The number of anilines is 2. The van der Waals surface area contributed by atoms with Crippen LogP contribution in [0.2, 0.25) is 0 Å². The summed E-state index contributed by atoms with van der Waals surface area (Å²) in [5, 5.41) is 0. The van der Waals surface area contributed by atoms with E-state index in [9.17, 15) is 4.79 Å². The Morgan fingerprint density at radius 3 is 1.69 bits per heavy atom. The standard InChI is InChI=1S/C34H34FN3O/c1-2-36-19-18-33(39)29-24-30(35)32(25-31(29)36)37-20-22-38(23-21-37)34(26-12-6-3-7-13-26,27-14-8-4-9-15-27)28-16-10-5-11-17-28/h3-17,24-25H,2,18-23H2,1H3. The summed E-state index contributed by atoms with van der Waals surface area (Å²) in [4.78, 5) is 19.4. The molecule has 0 atom stereocenters. The third-order valence-corrected chi connectivity index (χ3v) is 8.37. The zero-order valence-electron chi connectivity index (χ0n) is 22.4. The summed E-state index contributed by atoms with van der Waals surface area (Å²) in [5.41, 5.74) is 5.13. The minimum absolute atomic E-state index is 0.0309. The van der Waals surface area contributed by atoms with Gasteiger partial charge in [0.2, 0.25) is 0 Å². The number of fused-ring (bicyclic) bond motifs is 1. The first-order valence-corrected chi connectivity index (χ1v) is 13.9. The minimum atomic E-state index is -0.476. The molecular formula is C34H34FN3O. The van der Waals surface area contributed by atoms with E-state index in [0.717, 1.165) is 25.3 Å². The number of halogens is 1. The maximum absolute atomic E-state index is 15.5. The summed E-state index contributed by atoms with van der Waals surface area (Å²) in [6, 6.07) is 35.5. The molecule has 5 heteroatoms. The van der Waals surface area contributed by atoms with Crippen LogP contribution in [0.4, 0.5) is 15.8 Å². The van der Waals surface area contributed by atoms with Gasteiger partial charge in [0.15, 0.2) is 5.78 Å². The molecule has 0 aromatic heterocycles. The molecule has 1 saturated heterocycles. The summed E-state index contributed by atoms with van der Waals surface area (Å²) >= 11 is 0. The lowest BCUT2D eigenvalue weighted by molar-refractivity contribution is 0.0979. The number of piperazine rings is 1. The van der Waals surface area contributed by atoms with E-state index in [1.807, 2.05) is 6.07 Å². The lowest BCUT2D eigenvalue weighted by atomic mass is 9.75. The number of ketones is 1. The van der Waals surface area contributed by atoms with Crippen molar-refractivity contribution < 1.29 is 9.18 Å². The van der Waals surface area contributed by atoms with Gasteiger partial charge >= 0.3 is 0 Å². The minimum Gasteiger partial charge on any atom is -0.371 e. The van der Waals surface area contributed by atoms with Crippen LogP contribution in [0.15, 0.2) is 103 Å². The Bertz CT molecular complexity index is 1340. The van der Waals surface area contributed by atoms with Crippen LogP contribution in [0, 0.1) is 5.82 Å². The van der Waals surface area contributed by atoms with E-state index in [2.05, 4.69) is 113 Å². The third kappa shape index (κ3) is 4.41. The molecule has 2 aliphatic rings. The smallest absolute Gasteiger partial charge is 0.166 e. The summed E-state index contributed by atoms with van der Waals surface area (Å²) < 4.78 is 15.5. The molecule has 4 aromatic rings. The van der Waals surface area contributed by atoms with Crippen molar-refractivity contribution in [2.75, 3.05) is 49.1 Å². The molecule has 0 bridgehead atoms. The van der Waals surface area contributed by atoms with E-state index in [1.165, 1.54) is 22.8 Å². The van der Waals surface area contributed by atoms with Crippen molar-refractivity contribution in [3.05, 3.63) is 131 Å². The van der Waals surface area contributed by atoms with E-state index in [4.69, 9.17) is 0 Å². The van der Waals surface area contributed by atoms with Gasteiger partial charge in [-0.1, -0.05) is 91.0 Å². The van der Waals surface area contributed by atoms with Crippen LogP contribution in [0.25, 0.3) is 0 Å². The summed E-state index contributed by atoms with van der Waals surface area (Å²) in [6.07, 6.45) is 0.443. The molecule has 1 fully saturated rings. The molecule has 6 rings (SSSR count). The van der Waals surface area contributed by atoms with Crippen LogP contribution in [-0.2, 0) is 5.54 Å². The van der Waals surface area contributed by atoms with Crippen LogP contribution in [-0.4, -0.2) is 50.0 Å². The number of nitrogens with zero attached hydrogens (tertiary/aromatic N) is 3. The van der Waals surface area contributed by atoms with Gasteiger partial charge in [0.05, 0.1) is 11.2 Å². The van der Waals surface area contributed by atoms with Gasteiger partial charge in [0.25, 0.3) is 0 Å². The maximum Gasteiger partial charge on any atom is 0.166 e. The molecule has 0 radical (unpaired) electrons. The predicted molar refractivity (Wildman–Crippen MR) is 156 cm³/mol. The third-order valence-electron chi connectivity index (χ3n) is 8.37. The molecule has 0 N–H and O–H groups in total. The molecule has 4 aromatic carbocycles. The Morgan fingerprint density at radius 1 is 0.692 bits per heavy atom. The van der Waals surface area contributed by atoms with Crippen LogP contribution in [0.3, 0.4) is 0 Å². The normalized spacial score (nSPS) is 16.3. The van der Waals surface area contributed by atoms with Crippen molar-refractivity contribution in [2.24, 2.45) is 0 Å². The van der Waals surface area contributed by atoms with Crippen molar-refractivity contribution in [1.29, 1.82) is 0 Å². The molecule has 2 heterocycles. The number of carbonyl (C=O) groups excluding carboxylic acids is 1. The van der Waals surface area contributed by atoms with Crippen molar-refractivity contribution >= 4 is 17.2 Å². The van der Waals surface area contributed by atoms with E-state index >= 15 is 4.39 Å². The largest absolute Gasteiger partial charge is 0.371 e. The molecule has 0 spiro atoms. The average molecular weight is 520 g/mol. The Labute approximate surface area is 230 Å². The second-order valence-corrected chi connectivity index (χ2v) is 10.4. The quantitative estimate of drug-likeness (QED) is 0.277. The maximum atomic E-state index is 15.5. The van der Waals surface area contributed by atoms with Crippen molar-refractivity contribution in [2.45, 2.75) is 18.9 Å². The number of Topliss-reactive ketones (excluding diaryl/α,β-unsaturated/α-hetero) is 1. The van der Waals surface area contributed by atoms with Gasteiger partial charge in [-0.15, -0.1) is 0 Å². The van der Waals surface area contributed by atoms with Crippen LogP contribution in [0.1, 0.15) is 40.4 Å². The molecule has 0 saturated carbocycles. The first kappa shape index (κ1) is 25.3. The van der Waals surface area contributed by atoms with Gasteiger partial charge in [0.1, 0.15) is 5.82 Å². The first-order chi connectivity index (χ1) is 19.1. The fraction of sp³-hybridized carbons (Fsp3) is 0.265. The summed E-state index contributed by atoms with van der Waals surface area (Å²) in [7, 11) is 0.